The van der Waals surface area contributed by atoms with E-state index in [-0.39, 0.29) is 6.04 Å². The predicted molar refractivity (Wildman–Crippen MR) is 117 cm³/mol. The molecule has 26 heavy (non-hydrogen) atoms. The zero-order chi connectivity index (χ0) is 18.7. The number of halogens is 1. The van der Waals surface area contributed by atoms with Gasteiger partial charge in [-0.15, -0.1) is 0 Å². The van der Waals surface area contributed by atoms with Crippen molar-refractivity contribution in [2.75, 3.05) is 13.7 Å². The summed E-state index contributed by atoms with van der Waals surface area (Å²) in [6.45, 7) is 8.08. The van der Waals surface area contributed by atoms with Crippen LogP contribution in [0.1, 0.15) is 29.6 Å². The summed E-state index contributed by atoms with van der Waals surface area (Å²) in [6.07, 6.45) is 1.21. The van der Waals surface area contributed by atoms with Crippen LogP contribution < -0.4 is 0 Å². The van der Waals surface area contributed by atoms with E-state index in [4.69, 9.17) is 4.74 Å². The molecule has 0 saturated carbocycles. The van der Waals surface area contributed by atoms with Gasteiger partial charge in [-0.25, -0.2) is 0 Å². The van der Waals surface area contributed by atoms with E-state index in [0.717, 1.165) is 6.61 Å². The molecule has 1 heterocycles. The number of ether oxygens (including phenoxy) is 1. The molecule has 4 atom stereocenters. The normalized spacial score (nSPS) is 23.3. The Labute approximate surface area is 167 Å². The van der Waals surface area contributed by atoms with Crippen LogP contribution >= 0.6 is 15.9 Å². The maximum Gasteiger partial charge on any atom is 0.0660 e. The van der Waals surface area contributed by atoms with Crippen molar-refractivity contribution in [2.45, 2.75) is 48.6 Å². The summed E-state index contributed by atoms with van der Waals surface area (Å²) in [5.74, 6) is 0. The average molecular weight is 432 g/mol. The van der Waals surface area contributed by atoms with Crippen molar-refractivity contribution >= 4 is 24.0 Å². The lowest BCUT2D eigenvalue weighted by Crippen LogP contribution is -2.61. The molecule has 1 fully saturated rings. The molecule has 2 aromatic carbocycles. The third kappa shape index (κ3) is 4.14. The minimum absolute atomic E-state index is 0.279. The molecule has 0 bridgehead atoms. The Balaban J connectivity index is 1.96. The lowest BCUT2D eigenvalue weighted by molar-refractivity contribution is -0.0478. The summed E-state index contributed by atoms with van der Waals surface area (Å²) in [5.41, 5.74) is 2.76. The molecule has 1 saturated heterocycles. The first kappa shape index (κ1) is 19.8. The van der Waals surface area contributed by atoms with Crippen molar-refractivity contribution < 1.29 is 4.74 Å². The number of hydrogen-bond acceptors (Lipinski definition) is 2. The first-order chi connectivity index (χ1) is 12.4. The summed E-state index contributed by atoms with van der Waals surface area (Å²) < 4.78 is 6.24. The van der Waals surface area contributed by atoms with E-state index < -0.39 is 8.07 Å². The van der Waals surface area contributed by atoms with Crippen molar-refractivity contribution in [2.24, 2.45) is 0 Å². The minimum atomic E-state index is -1.30. The lowest BCUT2D eigenvalue weighted by Gasteiger charge is -2.56. The summed E-state index contributed by atoms with van der Waals surface area (Å²) in [5, 5.41) is 0. The molecule has 3 rings (SSSR count). The quantitative estimate of drug-likeness (QED) is 0.403. The highest BCUT2D eigenvalue weighted by Crippen LogP contribution is 2.48. The SMILES string of the molecule is COC[C@@H](c1ccccc1)N1[C@@H](c2ccccc2)C[C@H]1[C@H](Br)[Si](C)(C)C. The number of benzene rings is 2. The van der Waals surface area contributed by atoms with Gasteiger partial charge in [-0.2, -0.15) is 0 Å². The molecule has 0 spiro atoms. The maximum atomic E-state index is 5.67. The average Bonchev–Trinajstić information content (AvgIpc) is 2.61. The standard InChI is InChI=1S/C22H30BrNOSi/c1-25-16-21(18-13-9-6-10-14-18)24-19(17-11-7-5-8-12-17)15-20(24)22(23)26(2,3)4/h5-14,19-22H,15-16H2,1-4H3/t19-,20+,21+,22-/m1/s1. The van der Waals surface area contributed by atoms with Crippen LogP contribution in [0.15, 0.2) is 60.7 Å². The van der Waals surface area contributed by atoms with Gasteiger partial charge < -0.3 is 4.74 Å². The number of likely N-dealkylation sites (tertiary alicyclic amines) is 1. The molecule has 2 nitrogen and oxygen atoms in total. The van der Waals surface area contributed by atoms with Crippen molar-refractivity contribution in [1.82, 2.24) is 4.90 Å². The van der Waals surface area contributed by atoms with Gasteiger partial charge in [0.25, 0.3) is 0 Å². The van der Waals surface area contributed by atoms with Crippen LogP contribution in [0.3, 0.4) is 0 Å². The molecule has 1 aliphatic heterocycles. The summed E-state index contributed by atoms with van der Waals surface area (Å²) >= 11 is 4.09. The van der Waals surface area contributed by atoms with Gasteiger partial charge >= 0.3 is 0 Å². The van der Waals surface area contributed by atoms with E-state index in [0.29, 0.717) is 16.5 Å². The number of nitrogens with zero attached hydrogens (tertiary/aromatic N) is 1. The molecule has 0 amide bonds. The van der Waals surface area contributed by atoms with Gasteiger partial charge in [0.05, 0.1) is 20.7 Å². The van der Waals surface area contributed by atoms with E-state index in [1.54, 1.807) is 0 Å². The van der Waals surface area contributed by atoms with Gasteiger partial charge in [-0.3, -0.25) is 4.90 Å². The van der Waals surface area contributed by atoms with Crippen LogP contribution in [0.2, 0.25) is 19.6 Å². The van der Waals surface area contributed by atoms with E-state index in [1.165, 1.54) is 17.5 Å². The maximum absolute atomic E-state index is 5.67. The number of methoxy groups -OCH3 is 1. The van der Waals surface area contributed by atoms with Crippen molar-refractivity contribution in [3.63, 3.8) is 0 Å². The monoisotopic (exact) mass is 431 g/mol. The van der Waals surface area contributed by atoms with Crippen LogP contribution in [0.25, 0.3) is 0 Å². The smallest absolute Gasteiger partial charge is 0.0660 e. The second kappa shape index (κ2) is 8.38. The largest absolute Gasteiger partial charge is 0.383 e. The highest BCUT2D eigenvalue weighted by atomic mass is 79.9. The third-order valence-electron chi connectivity index (χ3n) is 5.43. The van der Waals surface area contributed by atoms with E-state index >= 15 is 0 Å². The number of hydrogen-bond donors (Lipinski definition) is 0. The minimum Gasteiger partial charge on any atom is -0.383 e. The van der Waals surface area contributed by atoms with Crippen LogP contribution in [0.5, 0.6) is 0 Å². The van der Waals surface area contributed by atoms with Crippen LogP contribution in [0, 0.1) is 0 Å². The first-order valence-corrected chi connectivity index (χ1v) is 13.9. The highest BCUT2D eigenvalue weighted by Gasteiger charge is 2.49. The van der Waals surface area contributed by atoms with Gasteiger partial charge in [0, 0.05) is 23.6 Å². The van der Waals surface area contributed by atoms with Crippen molar-refractivity contribution in [3.05, 3.63) is 71.8 Å². The van der Waals surface area contributed by atoms with Gasteiger partial charge in [-0.05, 0) is 17.5 Å². The van der Waals surface area contributed by atoms with E-state index in [1.807, 2.05) is 7.11 Å². The molecule has 0 N–H and O–H groups in total. The zero-order valence-electron chi connectivity index (χ0n) is 16.2. The highest BCUT2D eigenvalue weighted by molar-refractivity contribution is 9.10. The first-order valence-electron chi connectivity index (χ1n) is 9.44. The fraction of sp³-hybridized carbons (Fsp3) is 0.455. The lowest BCUT2D eigenvalue weighted by atomic mass is 9.84. The summed E-state index contributed by atoms with van der Waals surface area (Å²) in [4.78, 5) is 2.70. The fourth-order valence-corrected chi connectivity index (χ4v) is 5.98. The van der Waals surface area contributed by atoms with Gasteiger partial charge in [-0.1, -0.05) is 96.2 Å². The Morgan fingerprint density at radius 2 is 1.62 bits per heavy atom. The summed E-state index contributed by atoms with van der Waals surface area (Å²) in [7, 11) is 0.511. The molecule has 0 aromatic heterocycles. The molecular weight excluding hydrogens is 402 g/mol. The Hall–Kier alpha value is -0.943. The Morgan fingerprint density at radius 3 is 2.15 bits per heavy atom. The molecule has 4 heteroatoms. The summed E-state index contributed by atoms with van der Waals surface area (Å²) in [6, 6.07) is 23.0. The Kier molecular flexibility index (Phi) is 6.39. The van der Waals surface area contributed by atoms with Crippen molar-refractivity contribution in [1.29, 1.82) is 0 Å². The topological polar surface area (TPSA) is 12.5 Å². The molecule has 0 aliphatic carbocycles. The van der Waals surface area contributed by atoms with Crippen LogP contribution in [-0.4, -0.2) is 37.2 Å². The number of rotatable bonds is 7. The van der Waals surface area contributed by atoms with Crippen LogP contribution in [0.4, 0.5) is 0 Å². The van der Waals surface area contributed by atoms with Gasteiger partial charge in [0.15, 0.2) is 0 Å². The second-order valence-corrected chi connectivity index (χ2v) is 15.5. The molecule has 0 unspecified atom stereocenters. The van der Waals surface area contributed by atoms with Gasteiger partial charge in [0.1, 0.15) is 0 Å². The molecule has 1 aliphatic rings. The number of alkyl halides is 1. The third-order valence-corrected chi connectivity index (χ3v) is 12.2. The van der Waals surface area contributed by atoms with E-state index in [9.17, 15) is 0 Å². The molecular formula is C22H30BrNOSi. The zero-order valence-corrected chi connectivity index (χ0v) is 18.8. The van der Waals surface area contributed by atoms with E-state index in [2.05, 4.69) is 101 Å². The van der Waals surface area contributed by atoms with Crippen LogP contribution in [-0.2, 0) is 4.74 Å². The predicted octanol–water partition coefficient (Wildman–Crippen LogP) is 5.83. The molecule has 140 valence electrons. The Bertz CT molecular complexity index is 688. The molecule has 0 radical (unpaired) electrons. The second-order valence-electron chi connectivity index (χ2n) is 8.33. The fourth-order valence-electron chi connectivity index (χ4n) is 4.03. The molecule has 2 aromatic rings. The van der Waals surface area contributed by atoms with Gasteiger partial charge in [0.2, 0.25) is 0 Å². The van der Waals surface area contributed by atoms with Crippen molar-refractivity contribution in [3.8, 4) is 0 Å². The Morgan fingerprint density at radius 1 is 1.04 bits per heavy atom.